The molecule has 1 saturated carbocycles. The summed E-state index contributed by atoms with van der Waals surface area (Å²) in [6.07, 6.45) is 2.95. The Morgan fingerprint density at radius 1 is 1.10 bits per heavy atom. The number of nitrogens with one attached hydrogen (secondary N) is 1. The molecule has 2 fully saturated rings. The van der Waals surface area contributed by atoms with E-state index >= 15 is 0 Å². The van der Waals surface area contributed by atoms with Crippen molar-refractivity contribution < 1.29 is 14.0 Å². The molecule has 2 amide bonds. The van der Waals surface area contributed by atoms with Crippen LogP contribution in [0.15, 0.2) is 48.5 Å². The van der Waals surface area contributed by atoms with Gasteiger partial charge in [-0.3, -0.25) is 9.59 Å². The lowest BCUT2D eigenvalue weighted by Crippen LogP contribution is -2.51. The number of hydrogen-bond donors (Lipinski definition) is 1. The Labute approximate surface area is 183 Å². The summed E-state index contributed by atoms with van der Waals surface area (Å²) in [5, 5.41) is 3.02. The Hall–Kier alpha value is -2.69. The van der Waals surface area contributed by atoms with E-state index in [9.17, 15) is 14.0 Å². The molecule has 0 unspecified atom stereocenters. The van der Waals surface area contributed by atoms with Gasteiger partial charge < -0.3 is 10.2 Å². The van der Waals surface area contributed by atoms with Crippen molar-refractivity contribution in [1.29, 1.82) is 0 Å². The minimum Gasteiger partial charge on any atom is -0.356 e. The summed E-state index contributed by atoms with van der Waals surface area (Å²) >= 11 is 0. The molecule has 1 heterocycles. The fraction of sp³-hybridized carbons (Fsp3) is 0.462. The van der Waals surface area contributed by atoms with Gasteiger partial charge in [0.1, 0.15) is 5.82 Å². The molecule has 1 saturated heterocycles. The molecule has 4 rings (SSSR count). The number of rotatable bonds is 6. The van der Waals surface area contributed by atoms with Crippen LogP contribution in [0.25, 0.3) is 11.1 Å². The molecule has 31 heavy (non-hydrogen) atoms. The van der Waals surface area contributed by atoms with E-state index in [0.717, 1.165) is 17.5 Å². The lowest BCUT2D eigenvalue weighted by Gasteiger charge is -2.41. The number of halogens is 1. The normalized spacial score (nSPS) is 22.1. The third kappa shape index (κ3) is 4.51. The Balaban J connectivity index is 1.49. The Morgan fingerprint density at radius 2 is 1.74 bits per heavy atom. The van der Waals surface area contributed by atoms with Crippen LogP contribution in [0.4, 0.5) is 4.39 Å². The highest BCUT2D eigenvalue weighted by molar-refractivity contribution is 5.85. The van der Waals surface area contributed by atoms with E-state index in [-0.39, 0.29) is 23.5 Å². The quantitative estimate of drug-likeness (QED) is 0.748. The van der Waals surface area contributed by atoms with Gasteiger partial charge in [0.05, 0.1) is 5.41 Å². The Morgan fingerprint density at radius 3 is 2.32 bits per heavy atom. The molecule has 2 atom stereocenters. The van der Waals surface area contributed by atoms with Gasteiger partial charge in [0.15, 0.2) is 0 Å². The summed E-state index contributed by atoms with van der Waals surface area (Å²) in [6.45, 7) is 5.91. The van der Waals surface area contributed by atoms with Gasteiger partial charge in [-0.05, 0) is 55.7 Å². The maximum atomic E-state index is 14.1. The number of benzene rings is 2. The second-order valence-electron chi connectivity index (χ2n) is 9.14. The van der Waals surface area contributed by atoms with Crippen LogP contribution in [-0.4, -0.2) is 36.3 Å². The van der Waals surface area contributed by atoms with Crippen LogP contribution < -0.4 is 5.32 Å². The maximum Gasteiger partial charge on any atom is 0.226 e. The first-order valence-corrected chi connectivity index (χ1v) is 11.3. The molecule has 2 aromatic carbocycles. The van der Waals surface area contributed by atoms with Crippen LogP contribution in [0.2, 0.25) is 0 Å². The van der Waals surface area contributed by atoms with Crippen molar-refractivity contribution in [2.45, 2.75) is 39.5 Å². The Kier molecular flexibility index (Phi) is 6.12. The van der Waals surface area contributed by atoms with Crippen molar-refractivity contribution in [1.82, 2.24) is 10.2 Å². The minimum absolute atomic E-state index is 0.0695. The fourth-order valence-electron chi connectivity index (χ4n) is 4.78. The average molecular weight is 423 g/mol. The van der Waals surface area contributed by atoms with Crippen LogP contribution in [-0.2, 0) is 16.0 Å². The van der Waals surface area contributed by atoms with E-state index in [0.29, 0.717) is 50.4 Å². The van der Waals surface area contributed by atoms with E-state index in [4.69, 9.17) is 0 Å². The Bertz CT molecular complexity index is 948. The second-order valence-corrected chi connectivity index (χ2v) is 9.14. The number of nitrogens with zero attached hydrogens (tertiary/aromatic N) is 1. The fourth-order valence-corrected chi connectivity index (χ4v) is 4.78. The third-order valence-electron chi connectivity index (χ3n) is 6.96. The predicted molar refractivity (Wildman–Crippen MR) is 120 cm³/mol. The first kappa shape index (κ1) is 21.5. The van der Waals surface area contributed by atoms with E-state index in [1.165, 1.54) is 6.07 Å². The largest absolute Gasteiger partial charge is 0.356 e. The van der Waals surface area contributed by atoms with Crippen molar-refractivity contribution in [3.63, 3.8) is 0 Å². The lowest BCUT2D eigenvalue weighted by molar-refractivity contribution is -0.141. The molecule has 0 aromatic heterocycles. The van der Waals surface area contributed by atoms with E-state index < -0.39 is 5.41 Å². The summed E-state index contributed by atoms with van der Waals surface area (Å²) in [5.41, 5.74) is 1.95. The van der Waals surface area contributed by atoms with Gasteiger partial charge >= 0.3 is 0 Å². The SMILES string of the molecule is CCNC(=O)C1(Cc2ccc(-c3ccccc3F)cc2)CCN(C(=O)[C@@H]2C[C@@H]2C)CC1. The van der Waals surface area contributed by atoms with Crippen LogP contribution >= 0.6 is 0 Å². The molecule has 1 aliphatic heterocycles. The van der Waals surface area contributed by atoms with Crippen LogP contribution in [0.3, 0.4) is 0 Å². The topological polar surface area (TPSA) is 49.4 Å². The van der Waals surface area contributed by atoms with E-state index in [1.54, 1.807) is 12.1 Å². The zero-order valence-electron chi connectivity index (χ0n) is 18.4. The van der Waals surface area contributed by atoms with Gasteiger partial charge in [-0.15, -0.1) is 0 Å². The van der Waals surface area contributed by atoms with E-state index in [2.05, 4.69) is 12.2 Å². The zero-order chi connectivity index (χ0) is 22.0. The van der Waals surface area contributed by atoms with Crippen molar-refractivity contribution >= 4 is 11.8 Å². The molecule has 1 aliphatic carbocycles. The molecule has 2 aromatic rings. The van der Waals surface area contributed by atoms with Gasteiger partial charge in [0.25, 0.3) is 0 Å². The van der Waals surface area contributed by atoms with Gasteiger partial charge in [-0.2, -0.15) is 0 Å². The van der Waals surface area contributed by atoms with Crippen molar-refractivity contribution in [3.8, 4) is 11.1 Å². The second kappa shape index (κ2) is 8.81. The van der Waals surface area contributed by atoms with Crippen LogP contribution in [0, 0.1) is 23.1 Å². The monoisotopic (exact) mass is 422 g/mol. The van der Waals surface area contributed by atoms with Crippen molar-refractivity contribution in [2.24, 2.45) is 17.3 Å². The minimum atomic E-state index is -0.512. The first-order chi connectivity index (χ1) is 14.9. The van der Waals surface area contributed by atoms with Crippen LogP contribution in [0.1, 0.15) is 38.7 Å². The molecule has 0 bridgehead atoms. The molecular formula is C26H31FN2O2. The lowest BCUT2D eigenvalue weighted by atomic mass is 9.72. The molecule has 164 valence electrons. The highest BCUT2D eigenvalue weighted by Gasteiger charge is 2.46. The predicted octanol–water partition coefficient (Wildman–Crippen LogP) is 4.44. The molecule has 5 heteroatoms. The molecule has 0 radical (unpaired) electrons. The highest BCUT2D eigenvalue weighted by Crippen LogP contribution is 2.42. The summed E-state index contributed by atoms with van der Waals surface area (Å²) in [5.74, 6) is 0.765. The number of likely N-dealkylation sites (tertiary alicyclic amines) is 1. The average Bonchev–Trinajstić information content (AvgIpc) is 3.51. The molecule has 0 spiro atoms. The third-order valence-corrected chi connectivity index (χ3v) is 6.96. The summed E-state index contributed by atoms with van der Waals surface area (Å²) < 4.78 is 14.1. The van der Waals surface area contributed by atoms with Gasteiger partial charge in [0.2, 0.25) is 11.8 Å². The number of carbonyl (C=O) groups excluding carboxylic acids is 2. The molecular weight excluding hydrogens is 391 g/mol. The van der Waals surface area contributed by atoms with Gasteiger partial charge in [-0.1, -0.05) is 49.4 Å². The number of hydrogen-bond acceptors (Lipinski definition) is 2. The molecule has 1 N–H and O–H groups in total. The summed E-state index contributed by atoms with van der Waals surface area (Å²) in [7, 11) is 0. The highest BCUT2D eigenvalue weighted by atomic mass is 19.1. The van der Waals surface area contributed by atoms with Crippen LogP contribution in [0.5, 0.6) is 0 Å². The maximum absolute atomic E-state index is 14.1. The summed E-state index contributed by atoms with van der Waals surface area (Å²) in [4.78, 5) is 27.6. The number of carbonyl (C=O) groups is 2. The van der Waals surface area contributed by atoms with Crippen molar-refractivity contribution in [3.05, 3.63) is 59.9 Å². The van der Waals surface area contributed by atoms with Crippen molar-refractivity contribution in [2.75, 3.05) is 19.6 Å². The standard InChI is InChI=1S/C26H31FN2O2/c1-3-28-25(31)26(12-14-29(15-13-26)24(30)22-16-18(22)2)17-19-8-10-20(11-9-19)21-6-4-5-7-23(21)27/h4-11,18,22H,3,12-17H2,1-2H3,(H,28,31)/t18-,22+/m0/s1. The van der Waals surface area contributed by atoms with Gasteiger partial charge in [0, 0.05) is 31.1 Å². The summed E-state index contributed by atoms with van der Waals surface area (Å²) in [6, 6.07) is 14.6. The molecule has 4 nitrogen and oxygen atoms in total. The van der Waals surface area contributed by atoms with E-state index in [1.807, 2.05) is 42.2 Å². The molecule has 2 aliphatic rings. The first-order valence-electron chi connectivity index (χ1n) is 11.3. The number of piperidine rings is 1. The zero-order valence-corrected chi connectivity index (χ0v) is 18.4. The number of amides is 2. The van der Waals surface area contributed by atoms with Gasteiger partial charge in [-0.25, -0.2) is 4.39 Å². The smallest absolute Gasteiger partial charge is 0.226 e.